The van der Waals surface area contributed by atoms with Crippen molar-refractivity contribution in [2.45, 2.75) is 6.04 Å². The van der Waals surface area contributed by atoms with Crippen molar-refractivity contribution in [3.63, 3.8) is 0 Å². The zero-order chi connectivity index (χ0) is 13.3. The summed E-state index contributed by atoms with van der Waals surface area (Å²) in [6.45, 7) is 0. The van der Waals surface area contributed by atoms with E-state index < -0.39 is 0 Å². The van der Waals surface area contributed by atoms with Crippen LogP contribution in [0.2, 0.25) is 0 Å². The Morgan fingerprint density at radius 2 is 2.39 bits per heavy atom. The number of nitrogens with zero attached hydrogens (tertiary/aromatic N) is 3. The van der Waals surface area contributed by atoms with Gasteiger partial charge in [0.1, 0.15) is 11.9 Å². The molecule has 0 saturated heterocycles. The Balaban J connectivity index is 2.68. The van der Waals surface area contributed by atoms with Crippen molar-refractivity contribution >= 4 is 22.9 Å². The first kappa shape index (κ1) is 11.9. The van der Waals surface area contributed by atoms with Gasteiger partial charge in [0, 0.05) is 20.3 Å². The SMILES string of the molecule is C#C[C@@H]1/C(=N/NC)C(=[NH2+])c2ccnc(N)c2N1C. The number of hydrogen-bond acceptors (Lipinski definition) is 5. The van der Waals surface area contributed by atoms with E-state index in [9.17, 15) is 0 Å². The molecule has 0 bridgehead atoms. The van der Waals surface area contributed by atoms with E-state index in [1.165, 1.54) is 0 Å². The van der Waals surface area contributed by atoms with Gasteiger partial charge in [0.05, 0.1) is 11.3 Å². The van der Waals surface area contributed by atoms with Gasteiger partial charge in [-0.15, -0.1) is 6.42 Å². The molecule has 0 radical (unpaired) electrons. The molecule has 1 atom stereocenters. The maximum absolute atomic E-state index is 6.11. The molecule has 2 rings (SSSR count). The van der Waals surface area contributed by atoms with Crippen LogP contribution in [-0.4, -0.2) is 36.5 Å². The summed E-state index contributed by atoms with van der Waals surface area (Å²) < 4.78 is 0. The number of anilines is 2. The van der Waals surface area contributed by atoms with E-state index in [2.05, 4.69) is 21.4 Å². The molecule has 92 valence electrons. The Morgan fingerprint density at radius 1 is 1.67 bits per heavy atom. The van der Waals surface area contributed by atoms with E-state index in [4.69, 9.17) is 17.6 Å². The van der Waals surface area contributed by atoms with Gasteiger partial charge >= 0.3 is 0 Å². The molecule has 0 unspecified atom stereocenters. The summed E-state index contributed by atoms with van der Waals surface area (Å²) in [7, 11) is 3.54. The summed E-state index contributed by atoms with van der Waals surface area (Å²) in [5, 5.41) is 10.3. The Hall–Kier alpha value is -2.55. The average Bonchev–Trinajstić information content (AvgIpc) is 2.36. The molecule has 6 heteroatoms. The Labute approximate surface area is 105 Å². The van der Waals surface area contributed by atoms with Crippen LogP contribution in [0, 0.1) is 12.3 Å². The number of nitrogens with one attached hydrogen (secondary N) is 1. The minimum atomic E-state index is -0.364. The van der Waals surface area contributed by atoms with Crippen molar-refractivity contribution in [1.29, 1.82) is 0 Å². The summed E-state index contributed by atoms with van der Waals surface area (Å²) in [6, 6.07) is 1.44. The predicted octanol–water partition coefficient (Wildman–Crippen LogP) is -1.76. The molecule has 1 aromatic heterocycles. The largest absolute Gasteiger partial charge is 0.382 e. The van der Waals surface area contributed by atoms with Crippen molar-refractivity contribution in [3.8, 4) is 12.3 Å². The fourth-order valence-electron chi connectivity index (χ4n) is 2.09. The molecule has 1 aliphatic rings. The van der Waals surface area contributed by atoms with Crippen LogP contribution in [0.15, 0.2) is 17.4 Å². The maximum Gasteiger partial charge on any atom is 0.233 e. The third-order valence-corrected chi connectivity index (χ3v) is 2.91. The van der Waals surface area contributed by atoms with Crippen LogP contribution in [0.4, 0.5) is 11.5 Å². The van der Waals surface area contributed by atoms with Gasteiger partial charge in [0.2, 0.25) is 5.71 Å². The zero-order valence-corrected chi connectivity index (χ0v) is 10.3. The lowest BCUT2D eigenvalue weighted by molar-refractivity contribution is -0.109. The molecular formula is C12H15N6+. The molecule has 0 aromatic carbocycles. The van der Waals surface area contributed by atoms with Crippen LogP contribution in [0.3, 0.4) is 0 Å². The Kier molecular flexibility index (Phi) is 2.90. The molecule has 6 nitrogen and oxygen atoms in total. The van der Waals surface area contributed by atoms with Gasteiger partial charge in [0.25, 0.3) is 0 Å². The predicted molar refractivity (Wildman–Crippen MR) is 72.2 cm³/mol. The Morgan fingerprint density at radius 3 is 3.00 bits per heavy atom. The molecule has 1 aromatic rings. The number of fused-ring (bicyclic) bond motifs is 1. The molecule has 0 spiro atoms. The van der Waals surface area contributed by atoms with Crippen LogP contribution in [0.1, 0.15) is 5.56 Å². The summed E-state index contributed by atoms with van der Waals surface area (Å²) in [4.78, 5) is 5.91. The highest BCUT2D eigenvalue weighted by Crippen LogP contribution is 2.31. The average molecular weight is 243 g/mol. The van der Waals surface area contributed by atoms with E-state index in [1.54, 1.807) is 19.3 Å². The first-order chi connectivity index (χ1) is 8.61. The standard InChI is InChI=1S/C12H14N6/c1-4-8-10(17-15-2)9(13)7-5-6-16-12(14)11(7)18(8)3/h1,5-6,8,13,15H,2-3H3,(H2,14,16)/p+1/b13-9?,17-10-/t8-/m1/s1. The molecule has 2 heterocycles. The second-order valence-electron chi connectivity index (χ2n) is 3.91. The summed E-state index contributed by atoms with van der Waals surface area (Å²) in [5.41, 5.74) is 11.3. The third kappa shape index (κ3) is 1.57. The summed E-state index contributed by atoms with van der Waals surface area (Å²) >= 11 is 0. The number of terminal acetylenes is 1. The summed E-state index contributed by atoms with van der Waals surface area (Å²) in [6.07, 6.45) is 7.17. The minimum absolute atomic E-state index is 0.364. The monoisotopic (exact) mass is 243 g/mol. The number of rotatable bonds is 1. The second kappa shape index (κ2) is 4.37. The highest BCUT2D eigenvalue weighted by Gasteiger charge is 2.37. The zero-order valence-electron chi connectivity index (χ0n) is 10.3. The number of nitrogen functional groups attached to an aromatic ring is 1. The van der Waals surface area contributed by atoms with Crippen LogP contribution in [0.25, 0.3) is 0 Å². The van der Waals surface area contributed by atoms with Gasteiger partial charge in [0.15, 0.2) is 5.71 Å². The van der Waals surface area contributed by atoms with Gasteiger partial charge in [-0.25, -0.2) is 4.98 Å². The maximum atomic E-state index is 6.11. The van der Waals surface area contributed by atoms with E-state index in [-0.39, 0.29) is 6.04 Å². The van der Waals surface area contributed by atoms with E-state index in [0.29, 0.717) is 17.2 Å². The highest BCUT2D eigenvalue weighted by atomic mass is 15.3. The first-order valence-corrected chi connectivity index (χ1v) is 5.42. The van der Waals surface area contributed by atoms with Crippen LogP contribution >= 0.6 is 0 Å². The lowest BCUT2D eigenvalue weighted by atomic mass is 9.93. The Bertz CT molecular complexity index is 568. The molecular weight excluding hydrogens is 228 g/mol. The molecule has 0 amide bonds. The molecule has 18 heavy (non-hydrogen) atoms. The summed E-state index contributed by atoms with van der Waals surface area (Å²) in [5.74, 6) is 3.06. The van der Waals surface area contributed by atoms with Gasteiger partial charge in [-0.3, -0.25) is 5.41 Å². The van der Waals surface area contributed by atoms with Gasteiger partial charge in [-0.05, 0) is 6.07 Å². The van der Waals surface area contributed by atoms with Crippen molar-refractivity contribution in [2.24, 2.45) is 5.10 Å². The van der Waals surface area contributed by atoms with Crippen LogP contribution < -0.4 is 21.5 Å². The van der Waals surface area contributed by atoms with Crippen molar-refractivity contribution < 1.29 is 5.41 Å². The number of aromatic nitrogens is 1. The topological polar surface area (TPSA) is 92.1 Å². The minimum Gasteiger partial charge on any atom is -0.382 e. The van der Waals surface area contributed by atoms with E-state index >= 15 is 0 Å². The van der Waals surface area contributed by atoms with E-state index in [1.807, 2.05) is 11.9 Å². The first-order valence-electron chi connectivity index (χ1n) is 5.42. The number of nitrogens with two attached hydrogens (primary N) is 2. The third-order valence-electron chi connectivity index (χ3n) is 2.91. The molecule has 0 saturated carbocycles. The van der Waals surface area contributed by atoms with Crippen molar-refractivity contribution in [1.82, 2.24) is 10.4 Å². The fourth-order valence-corrected chi connectivity index (χ4v) is 2.09. The smallest absolute Gasteiger partial charge is 0.233 e. The normalized spacial score (nSPS) is 20.5. The highest BCUT2D eigenvalue weighted by molar-refractivity contribution is 6.51. The van der Waals surface area contributed by atoms with Gasteiger partial charge in [-0.1, -0.05) is 5.92 Å². The van der Waals surface area contributed by atoms with Crippen molar-refractivity contribution in [3.05, 3.63) is 17.8 Å². The van der Waals surface area contributed by atoms with Crippen LogP contribution in [-0.2, 0) is 0 Å². The number of pyridine rings is 1. The van der Waals surface area contributed by atoms with Gasteiger partial charge in [-0.2, -0.15) is 5.10 Å². The fraction of sp³-hybridized carbons (Fsp3) is 0.250. The molecule has 0 aliphatic carbocycles. The van der Waals surface area contributed by atoms with Crippen molar-refractivity contribution in [2.75, 3.05) is 24.7 Å². The lowest BCUT2D eigenvalue weighted by Crippen LogP contribution is -2.57. The molecule has 5 N–H and O–H groups in total. The van der Waals surface area contributed by atoms with Gasteiger partial charge < -0.3 is 16.1 Å². The molecule has 0 fully saturated rings. The van der Waals surface area contributed by atoms with E-state index in [0.717, 1.165) is 11.3 Å². The van der Waals surface area contributed by atoms with Crippen LogP contribution in [0.5, 0.6) is 0 Å². The lowest BCUT2D eigenvalue weighted by Gasteiger charge is -2.32. The number of hydrogen-bond donors (Lipinski definition) is 3. The quantitative estimate of drug-likeness (QED) is 0.402. The molecule has 1 aliphatic heterocycles. The second-order valence-corrected chi connectivity index (χ2v) is 3.91. The number of hydrazone groups is 1.